The zero-order valence-electron chi connectivity index (χ0n) is 16.8. The van der Waals surface area contributed by atoms with Crippen molar-refractivity contribution in [2.75, 3.05) is 6.61 Å². The number of nitrogens with zero attached hydrogens (tertiary/aromatic N) is 2. The van der Waals surface area contributed by atoms with E-state index in [0.29, 0.717) is 33.7 Å². The van der Waals surface area contributed by atoms with Crippen molar-refractivity contribution >= 4 is 29.4 Å². The molecule has 0 aromatic heterocycles. The Morgan fingerprint density at radius 1 is 0.935 bits per heavy atom. The highest BCUT2D eigenvalue weighted by atomic mass is 35.5. The Kier molecular flexibility index (Phi) is 8.17. The highest BCUT2D eigenvalue weighted by Crippen LogP contribution is 2.30. The van der Waals surface area contributed by atoms with Crippen LogP contribution in [0.1, 0.15) is 29.2 Å². The fourth-order valence-electron chi connectivity index (χ4n) is 2.75. The van der Waals surface area contributed by atoms with Gasteiger partial charge in [-0.1, -0.05) is 52.6 Å². The number of hydrogen-bond acceptors (Lipinski definition) is 5. The summed E-state index contributed by atoms with van der Waals surface area (Å²) in [6.07, 6.45) is 1.58. The average molecular weight is 455 g/mol. The number of nitriles is 1. The number of rotatable bonds is 9. The lowest BCUT2D eigenvalue weighted by molar-refractivity contribution is 0.132. The van der Waals surface area contributed by atoms with E-state index in [1.165, 1.54) is 0 Å². The Bertz CT molecular complexity index is 1110. The summed E-state index contributed by atoms with van der Waals surface area (Å²) in [6, 6.07) is 20.1. The molecular weight excluding hydrogens is 435 g/mol. The molecule has 0 spiro atoms. The van der Waals surface area contributed by atoms with Gasteiger partial charge in [0.2, 0.25) is 0 Å². The summed E-state index contributed by atoms with van der Waals surface area (Å²) in [4.78, 5) is 5.35. The van der Waals surface area contributed by atoms with E-state index in [0.717, 1.165) is 16.7 Å². The van der Waals surface area contributed by atoms with Gasteiger partial charge in [-0.15, -0.1) is 0 Å². The van der Waals surface area contributed by atoms with Crippen LogP contribution in [0.25, 0.3) is 0 Å². The molecule has 3 rings (SSSR count). The zero-order chi connectivity index (χ0) is 22.1. The Hall–Kier alpha value is -3.20. The molecule has 0 heterocycles. The normalized spacial score (nSPS) is 10.6. The van der Waals surface area contributed by atoms with Gasteiger partial charge in [0.15, 0.2) is 11.5 Å². The van der Waals surface area contributed by atoms with Gasteiger partial charge in [0.05, 0.1) is 24.5 Å². The molecular formula is C24H20Cl2N2O3. The third kappa shape index (κ3) is 6.39. The summed E-state index contributed by atoms with van der Waals surface area (Å²) in [5.41, 5.74) is 2.96. The van der Waals surface area contributed by atoms with Crippen molar-refractivity contribution in [2.45, 2.75) is 20.1 Å². The first-order valence-electron chi connectivity index (χ1n) is 9.57. The molecule has 0 saturated carbocycles. The maximum absolute atomic E-state index is 9.12. The van der Waals surface area contributed by atoms with Crippen LogP contribution < -0.4 is 9.47 Å². The van der Waals surface area contributed by atoms with E-state index in [4.69, 9.17) is 42.8 Å². The second-order valence-electron chi connectivity index (χ2n) is 6.44. The number of ether oxygens (including phenoxy) is 2. The molecule has 0 aliphatic carbocycles. The minimum absolute atomic E-state index is 0.210. The lowest BCUT2D eigenvalue weighted by atomic mass is 10.1. The second-order valence-corrected chi connectivity index (χ2v) is 7.28. The molecule has 7 heteroatoms. The molecule has 31 heavy (non-hydrogen) atoms. The molecule has 0 N–H and O–H groups in total. The Labute approximate surface area is 191 Å². The highest BCUT2D eigenvalue weighted by Gasteiger charge is 2.09. The molecule has 0 aliphatic rings. The Morgan fingerprint density at radius 3 is 2.55 bits per heavy atom. The maximum Gasteiger partial charge on any atom is 0.161 e. The van der Waals surface area contributed by atoms with Crippen LogP contribution in [0.4, 0.5) is 0 Å². The van der Waals surface area contributed by atoms with Gasteiger partial charge in [0, 0.05) is 26.7 Å². The third-order valence-corrected chi connectivity index (χ3v) is 4.89. The van der Waals surface area contributed by atoms with Gasteiger partial charge in [0.25, 0.3) is 0 Å². The summed E-state index contributed by atoms with van der Waals surface area (Å²) in [5.74, 6) is 1.18. The van der Waals surface area contributed by atoms with E-state index in [-0.39, 0.29) is 13.2 Å². The zero-order valence-corrected chi connectivity index (χ0v) is 18.4. The molecule has 3 aromatic rings. The van der Waals surface area contributed by atoms with Crippen molar-refractivity contribution in [3.63, 3.8) is 0 Å². The molecule has 158 valence electrons. The van der Waals surface area contributed by atoms with Gasteiger partial charge < -0.3 is 14.3 Å². The maximum atomic E-state index is 9.12. The quantitative estimate of drug-likeness (QED) is 0.277. The number of benzene rings is 3. The second kappa shape index (κ2) is 11.3. The van der Waals surface area contributed by atoms with Gasteiger partial charge in [-0.25, -0.2) is 0 Å². The summed E-state index contributed by atoms with van der Waals surface area (Å²) in [7, 11) is 0. The fraction of sp³-hybridized carbons (Fsp3) is 0.167. The fourth-order valence-corrected chi connectivity index (χ4v) is 3.21. The van der Waals surface area contributed by atoms with Crippen LogP contribution in [-0.4, -0.2) is 12.8 Å². The van der Waals surface area contributed by atoms with Crippen LogP contribution in [0.15, 0.2) is 65.8 Å². The van der Waals surface area contributed by atoms with E-state index in [2.05, 4.69) is 11.2 Å². The lowest BCUT2D eigenvalue weighted by Gasteiger charge is -2.13. The van der Waals surface area contributed by atoms with Crippen molar-refractivity contribution < 1.29 is 14.3 Å². The first-order chi connectivity index (χ1) is 15.1. The molecule has 3 aromatic carbocycles. The molecule has 0 amide bonds. The molecule has 0 aliphatic heterocycles. The van der Waals surface area contributed by atoms with Crippen LogP contribution in [0.2, 0.25) is 10.0 Å². The van der Waals surface area contributed by atoms with Crippen LogP contribution in [-0.2, 0) is 18.1 Å². The topological polar surface area (TPSA) is 63.8 Å². The predicted molar refractivity (Wildman–Crippen MR) is 122 cm³/mol. The molecule has 5 nitrogen and oxygen atoms in total. The van der Waals surface area contributed by atoms with E-state index >= 15 is 0 Å². The number of oxime groups is 1. The average Bonchev–Trinajstić information content (AvgIpc) is 2.77. The molecule has 0 unspecified atom stereocenters. The van der Waals surface area contributed by atoms with Gasteiger partial charge in [-0.2, -0.15) is 5.26 Å². The standard InChI is InChI=1S/C24H20Cl2N2O3/c1-2-29-24-11-17(14-28-31-16-19-6-4-3-5-18(19)13-27)7-10-23(24)30-15-20-8-9-21(25)12-22(20)26/h3-12,14H,2,15-16H2,1H3/b28-14-. The summed E-state index contributed by atoms with van der Waals surface area (Å²) < 4.78 is 11.6. The Balaban J connectivity index is 1.65. The smallest absolute Gasteiger partial charge is 0.161 e. The molecule has 0 bridgehead atoms. The van der Waals surface area contributed by atoms with Gasteiger partial charge >= 0.3 is 0 Å². The van der Waals surface area contributed by atoms with Crippen LogP contribution in [0.3, 0.4) is 0 Å². The van der Waals surface area contributed by atoms with E-state index in [1.807, 2.05) is 43.3 Å². The lowest BCUT2D eigenvalue weighted by Crippen LogP contribution is -2.01. The van der Waals surface area contributed by atoms with Crippen molar-refractivity contribution in [1.82, 2.24) is 0 Å². The first-order valence-corrected chi connectivity index (χ1v) is 10.3. The van der Waals surface area contributed by atoms with Gasteiger partial charge in [-0.05, 0) is 43.3 Å². The third-order valence-electron chi connectivity index (χ3n) is 4.30. The van der Waals surface area contributed by atoms with Gasteiger partial charge in [-0.3, -0.25) is 0 Å². The number of hydrogen-bond donors (Lipinski definition) is 0. The Morgan fingerprint density at radius 2 is 1.77 bits per heavy atom. The van der Waals surface area contributed by atoms with Crippen molar-refractivity contribution in [2.24, 2.45) is 5.16 Å². The molecule has 0 saturated heterocycles. The summed E-state index contributed by atoms with van der Waals surface area (Å²) in [6.45, 7) is 2.88. The predicted octanol–water partition coefficient (Wildman–Crippen LogP) is 6.39. The van der Waals surface area contributed by atoms with Crippen molar-refractivity contribution in [3.05, 3.63) is 93.0 Å². The highest BCUT2D eigenvalue weighted by molar-refractivity contribution is 6.35. The number of halogens is 2. The molecule has 0 fully saturated rings. The minimum atomic E-state index is 0.210. The first kappa shape index (κ1) is 22.5. The summed E-state index contributed by atoms with van der Waals surface area (Å²) >= 11 is 12.1. The van der Waals surface area contributed by atoms with Crippen LogP contribution >= 0.6 is 23.2 Å². The SMILES string of the molecule is CCOc1cc(/C=N\OCc2ccccc2C#N)ccc1OCc1ccc(Cl)cc1Cl. The largest absolute Gasteiger partial charge is 0.490 e. The van der Waals surface area contributed by atoms with E-state index in [1.54, 1.807) is 30.5 Å². The van der Waals surface area contributed by atoms with Crippen molar-refractivity contribution in [3.8, 4) is 17.6 Å². The van der Waals surface area contributed by atoms with Crippen molar-refractivity contribution in [1.29, 1.82) is 5.26 Å². The van der Waals surface area contributed by atoms with Crippen LogP contribution in [0.5, 0.6) is 11.5 Å². The molecule has 0 radical (unpaired) electrons. The van der Waals surface area contributed by atoms with Gasteiger partial charge in [0.1, 0.15) is 13.2 Å². The molecule has 0 atom stereocenters. The van der Waals surface area contributed by atoms with Crippen LogP contribution in [0, 0.1) is 11.3 Å². The minimum Gasteiger partial charge on any atom is -0.490 e. The summed E-state index contributed by atoms with van der Waals surface area (Å²) in [5, 5.41) is 14.2. The van der Waals surface area contributed by atoms with E-state index < -0.39 is 0 Å². The van der Waals surface area contributed by atoms with E-state index in [9.17, 15) is 0 Å². The monoisotopic (exact) mass is 454 g/mol.